The maximum absolute atomic E-state index is 12.0. The van der Waals surface area contributed by atoms with Crippen molar-refractivity contribution in [1.82, 2.24) is 10.3 Å². The molecule has 0 bridgehead atoms. The van der Waals surface area contributed by atoms with E-state index in [2.05, 4.69) is 10.3 Å². The second kappa shape index (κ2) is 6.31. The highest BCUT2D eigenvalue weighted by Crippen LogP contribution is 2.22. The largest absolute Gasteiger partial charge is 0.478 e. The van der Waals surface area contributed by atoms with Gasteiger partial charge in [0.15, 0.2) is 0 Å². The van der Waals surface area contributed by atoms with Crippen molar-refractivity contribution in [2.75, 3.05) is 6.54 Å². The third kappa shape index (κ3) is 3.53. The van der Waals surface area contributed by atoms with Crippen molar-refractivity contribution in [1.29, 1.82) is 0 Å². The average Bonchev–Trinajstić information content (AvgIpc) is 2.46. The summed E-state index contributed by atoms with van der Waals surface area (Å²) < 4.78 is 0. The number of hydrogen-bond donors (Lipinski definition) is 2. The van der Waals surface area contributed by atoms with Gasteiger partial charge < -0.3 is 10.4 Å². The summed E-state index contributed by atoms with van der Waals surface area (Å²) in [5, 5.41) is 11.8. The first-order chi connectivity index (χ1) is 9.18. The van der Waals surface area contributed by atoms with Gasteiger partial charge in [-0.1, -0.05) is 19.3 Å². The highest BCUT2D eigenvalue weighted by molar-refractivity contribution is 6.04. The van der Waals surface area contributed by atoms with Crippen LogP contribution in [0.25, 0.3) is 0 Å². The molecule has 2 rings (SSSR count). The van der Waals surface area contributed by atoms with Gasteiger partial charge in [-0.2, -0.15) is 0 Å². The van der Waals surface area contributed by atoms with Gasteiger partial charge in [0.1, 0.15) is 0 Å². The Morgan fingerprint density at radius 3 is 2.68 bits per heavy atom. The fourth-order valence-electron chi connectivity index (χ4n) is 2.49. The molecule has 1 aromatic rings. The van der Waals surface area contributed by atoms with Gasteiger partial charge in [0.25, 0.3) is 5.91 Å². The van der Waals surface area contributed by atoms with Crippen molar-refractivity contribution in [3.05, 3.63) is 29.6 Å². The number of carboxylic acids is 1. The molecule has 0 saturated heterocycles. The molecule has 1 fully saturated rings. The van der Waals surface area contributed by atoms with Crippen molar-refractivity contribution < 1.29 is 14.7 Å². The van der Waals surface area contributed by atoms with Gasteiger partial charge in [-0.25, -0.2) is 4.79 Å². The highest BCUT2D eigenvalue weighted by atomic mass is 16.4. The summed E-state index contributed by atoms with van der Waals surface area (Å²) in [7, 11) is 0. The Hall–Kier alpha value is -1.91. The lowest BCUT2D eigenvalue weighted by atomic mass is 9.89. The van der Waals surface area contributed by atoms with E-state index in [4.69, 9.17) is 5.11 Å². The number of amides is 1. The van der Waals surface area contributed by atoms with Crippen molar-refractivity contribution in [2.45, 2.75) is 32.1 Å². The molecule has 1 amide bonds. The highest BCUT2D eigenvalue weighted by Gasteiger charge is 2.18. The number of carbonyl (C=O) groups is 2. The molecule has 102 valence electrons. The van der Waals surface area contributed by atoms with Crippen LogP contribution < -0.4 is 5.32 Å². The lowest BCUT2D eigenvalue weighted by Gasteiger charge is -2.21. The maximum Gasteiger partial charge on any atom is 0.338 e. The monoisotopic (exact) mass is 262 g/mol. The number of pyridine rings is 1. The first-order valence-electron chi connectivity index (χ1n) is 6.64. The molecule has 19 heavy (non-hydrogen) atoms. The van der Waals surface area contributed by atoms with Gasteiger partial charge in [-0.05, 0) is 24.8 Å². The zero-order valence-corrected chi connectivity index (χ0v) is 10.8. The Labute approximate surface area is 112 Å². The maximum atomic E-state index is 12.0. The fraction of sp³-hybridized carbons (Fsp3) is 0.500. The van der Waals surface area contributed by atoms with Crippen molar-refractivity contribution in [2.24, 2.45) is 5.92 Å². The SMILES string of the molecule is O=C(O)c1cnccc1C(=O)NCC1CCCCC1. The normalized spacial score (nSPS) is 16.0. The van der Waals surface area contributed by atoms with E-state index < -0.39 is 5.97 Å². The van der Waals surface area contributed by atoms with Gasteiger partial charge in [-0.15, -0.1) is 0 Å². The minimum atomic E-state index is -1.13. The number of carbonyl (C=O) groups excluding carboxylic acids is 1. The van der Waals surface area contributed by atoms with Gasteiger partial charge in [-0.3, -0.25) is 9.78 Å². The van der Waals surface area contributed by atoms with Crippen LogP contribution >= 0.6 is 0 Å². The first-order valence-corrected chi connectivity index (χ1v) is 6.64. The van der Waals surface area contributed by atoms with E-state index in [9.17, 15) is 9.59 Å². The number of nitrogens with one attached hydrogen (secondary N) is 1. The van der Waals surface area contributed by atoms with Crippen molar-refractivity contribution >= 4 is 11.9 Å². The molecule has 1 saturated carbocycles. The average molecular weight is 262 g/mol. The minimum Gasteiger partial charge on any atom is -0.478 e. The van der Waals surface area contributed by atoms with E-state index in [-0.39, 0.29) is 17.0 Å². The number of carboxylic acid groups (broad SMARTS) is 1. The molecule has 0 radical (unpaired) electrons. The van der Waals surface area contributed by atoms with E-state index in [1.165, 1.54) is 37.7 Å². The molecule has 1 aliphatic carbocycles. The molecule has 5 heteroatoms. The molecule has 0 atom stereocenters. The fourth-order valence-corrected chi connectivity index (χ4v) is 2.49. The second-order valence-corrected chi connectivity index (χ2v) is 4.94. The van der Waals surface area contributed by atoms with Gasteiger partial charge >= 0.3 is 5.97 Å². The number of nitrogens with zero attached hydrogens (tertiary/aromatic N) is 1. The van der Waals surface area contributed by atoms with Crippen LogP contribution in [-0.4, -0.2) is 28.5 Å². The minimum absolute atomic E-state index is 0.0522. The Bertz CT molecular complexity index is 468. The summed E-state index contributed by atoms with van der Waals surface area (Å²) in [6.07, 6.45) is 8.63. The Kier molecular flexibility index (Phi) is 4.49. The van der Waals surface area contributed by atoms with Crippen LogP contribution in [0.3, 0.4) is 0 Å². The van der Waals surface area contributed by atoms with Gasteiger partial charge in [0.05, 0.1) is 11.1 Å². The van der Waals surface area contributed by atoms with Crippen molar-refractivity contribution in [3.63, 3.8) is 0 Å². The van der Waals surface area contributed by atoms with Crippen LogP contribution in [-0.2, 0) is 0 Å². The summed E-state index contributed by atoms with van der Waals surface area (Å²) in [6.45, 7) is 0.625. The summed E-state index contributed by atoms with van der Waals surface area (Å²) in [4.78, 5) is 26.8. The standard InChI is InChI=1S/C14H18N2O3/c17-13(16-8-10-4-2-1-3-5-10)11-6-7-15-9-12(11)14(18)19/h6-7,9-10H,1-5,8H2,(H,16,17)(H,18,19). The van der Waals surface area contributed by atoms with E-state index in [0.717, 1.165) is 12.8 Å². The third-order valence-electron chi connectivity index (χ3n) is 3.57. The molecular formula is C14H18N2O3. The van der Waals surface area contributed by atoms with Crippen molar-refractivity contribution in [3.8, 4) is 0 Å². The van der Waals surface area contributed by atoms with Gasteiger partial charge in [0.2, 0.25) is 0 Å². The molecule has 0 spiro atoms. The molecule has 1 heterocycles. The second-order valence-electron chi connectivity index (χ2n) is 4.94. The van der Waals surface area contributed by atoms with Crippen LogP contribution in [0.15, 0.2) is 18.5 Å². The number of aromatic carboxylic acids is 1. The van der Waals surface area contributed by atoms with Crippen LogP contribution in [0, 0.1) is 5.92 Å². The topological polar surface area (TPSA) is 79.3 Å². The van der Waals surface area contributed by atoms with E-state index in [0.29, 0.717) is 12.5 Å². The van der Waals surface area contributed by atoms with Crippen LogP contribution in [0.2, 0.25) is 0 Å². The molecule has 1 aromatic heterocycles. The Morgan fingerprint density at radius 1 is 1.26 bits per heavy atom. The predicted molar refractivity (Wildman–Crippen MR) is 70.1 cm³/mol. The van der Waals surface area contributed by atoms with Crippen LogP contribution in [0.5, 0.6) is 0 Å². The third-order valence-corrected chi connectivity index (χ3v) is 3.57. The molecule has 0 aliphatic heterocycles. The number of hydrogen-bond acceptors (Lipinski definition) is 3. The van der Waals surface area contributed by atoms with E-state index in [1.54, 1.807) is 0 Å². The first kappa shape index (κ1) is 13.5. The predicted octanol–water partition coefficient (Wildman–Crippen LogP) is 2.09. The summed E-state index contributed by atoms with van der Waals surface area (Å²) in [5.41, 5.74) is 0.127. The smallest absolute Gasteiger partial charge is 0.338 e. The molecule has 5 nitrogen and oxygen atoms in total. The number of aromatic nitrogens is 1. The molecule has 1 aliphatic rings. The van der Waals surface area contributed by atoms with Crippen LogP contribution in [0.1, 0.15) is 52.8 Å². The number of rotatable bonds is 4. The Morgan fingerprint density at radius 2 is 2.00 bits per heavy atom. The van der Waals surface area contributed by atoms with Crippen LogP contribution in [0.4, 0.5) is 0 Å². The lowest BCUT2D eigenvalue weighted by Crippen LogP contribution is -2.31. The lowest BCUT2D eigenvalue weighted by molar-refractivity contribution is 0.0690. The molecule has 0 aromatic carbocycles. The molecule has 0 unspecified atom stereocenters. The molecular weight excluding hydrogens is 244 g/mol. The van der Waals surface area contributed by atoms with Gasteiger partial charge in [0, 0.05) is 18.9 Å². The zero-order chi connectivity index (χ0) is 13.7. The summed E-state index contributed by atoms with van der Waals surface area (Å²) in [5.74, 6) is -0.936. The zero-order valence-electron chi connectivity index (χ0n) is 10.8. The quantitative estimate of drug-likeness (QED) is 0.870. The summed E-state index contributed by atoms with van der Waals surface area (Å²) >= 11 is 0. The van der Waals surface area contributed by atoms with E-state index in [1.807, 2.05) is 0 Å². The Balaban J connectivity index is 1.97. The summed E-state index contributed by atoms with van der Waals surface area (Å²) in [6, 6.07) is 1.44. The molecule has 2 N–H and O–H groups in total. The van der Waals surface area contributed by atoms with E-state index >= 15 is 0 Å².